The summed E-state index contributed by atoms with van der Waals surface area (Å²) in [7, 11) is 0. The quantitative estimate of drug-likeness (QED) is 0.508. The molecule has 1 saturated heterocycles. The Morgan fingerprint density at radius 1 is 1.27 bits per heavy atom. The van der Waals surface area contributed by atoms with Crippen LogP contribution in [0.5, 0.6) is 0 Å². The minimum Gasteiger partial charge on any atom is -0.475 e. The van der Waals surface area contributed by atoms with Crippen LogP contribution in [0.2, 0.25) is 0 Å². The molecule has 1 amide bonds. The maximum absolute atomic E-state index is 13.6. The van der Waals surface area contributed by atoms with Crippen LogP contribution in [0, 0.1) is 17.6 Å². The van der Waals surface area contributed by atoms with Crippen molar-refractivity contribution >= 4 is 18.0 Å². The molecule has 1 aromatic heterocycles. The number of likely N-dealkylation sites (tertiary alicyclic amines) is 1. The molecular weight excluding hydrogens is 453 g/mol. The zero-order chi connectivity index (χ0) is 24.6. The molecule has 8 nitrogen and oxygen atoms in total. The van der Waals surface area contributed by atoms with E-state index in [9.17, 15) is 26.7 Å². The SMILES string of the molecule is NCc1cn(CC2CCCN(C(=O)C=Cc3cc(F)ccc3F)C2)nn1.O=C(O)C(F)(F)F. The molecule has 3 rings (SSSR count). The Hall–Kier alpha value is -3.35. The summed E-state index contributed by atoms with van der Waals surface area (Å²) in [5.74, 6) is -3.80. The zero-order valence-electron chi connectivity index (χ0n) is 17.3. The Bertz CT molecular complexity index is 993. The number of aliphatic carboxylic acids is 1. The number of carbonyl (C=O) groups is 2. The molecule has 1 aliphatic heterocycles. The summed E-state index contributed by atoms with van der Waals surface area (Å²) in [5, 5.41) is 15.1. The van der Waals surface area contributed by atoms with Crippen LogP contribution in [-0.4, -0.2) is 56.1 Å². The predicted octanol–water partition coefficient (Wildman–Crippen LogP) is 2.60. The highest BCUT2D eigenvalue weighted by Crippen LogP contribution is 2.19. The Morgan fingerprint density at radius 2 is 1.97 bits per heavy atom. The fourth-order valence-corrected chi connectivity index (χ4v) is 3.11. The maximum Gasteiger partial charge on any atom is 0.490 e. The van der Waals surface area contributed by atoms with Gasteiger partial charge in [0.1, 0.15) is 11.6 Å². The van der Waals surface area contributed by atoms with E-state index >= 15 is 0 Å². The summed E-state index contributed by atoms with van der Waals surface area (Å²) in [6.07, 6.45) is 1.21. The number of amides is 1. The van der Waals surface area contributed by atoms with Crippen LogP contribution in [0.1, 0.15) is 24.1 Å². The molecule has 1 atom stereocenters. The third-order valence-electron chi connectivity index (χ3n) is 4.68. The van der Waals surface area contributed by atoms with Crippen molar-refractivity contribution in [1.82, 2.24) is 19.9 Å². The Labute approximate surface area is 185 Å². The number of aromatic nitrogens is 3. The topological polar surface area (TPSA) is 114 Å². The smallest absolute Gasteiger partial charge is 0.475 e. The normalized spacial score (nSPS) is 16.4. The number of nitrogens with two attached hydrogens (primary N) is 1. The van der Waals surface area contributed by atoms with Gasteiger partial charge in [0, 0.05) is 44.0 Å². The number of carbonyl (C=O) groups excluding carboxylic acids is 1. The second-order valence-corrected chi connectivity index (χ2v) is 7.23. The molecule has 0 saturated carbocycles. The Morgan fingerprint density at radius 3 is 2.58 bits per heavy atom. The minimum absolute atomic E-state index is 0.0591. The van der Waals surface area contributed by atoms with Gasteiger partial charge in [-0.25, -0.2) is 13.6 Å². The molecule has 0 aliphatic carbocycles. The van der Waals surface area contributed by atoms with E-state index in [4.69, 9.17) is 15.6 Å². The Kier molecular flexibility index (Phi) is 9.02. The standard InChI is InChI=1S/C18H21F2N5O.C2HF3O2/c19-15-4-5-17(20)14(8-15)3-6-18(26)24-7-1-2-13(10-24)11-25-12-16(9-21)22-23-25;3-2(4,5)1(6)7/h3-6,8,12-13H,1-2,7,9-11,21H2;(H,6,7). The summed E-state index contributed by atoms with van der Waals surface area (Å²) >= 11 is 0. The van der Waals surface area contributed by atoms with Crippen LogP contribution >= 0.6 is 0 Å². The number of carboxylic acids is 1. The number of halogens is 5. The third-order valence-corrected chi connectivity index (χ3v) is 4.68. The van der Waals surface area contributed by atoms with Crippen LogP contribution in [0.4, 0.5) is 22.0 Å². The van der Waals surface area contributed by atoms with Gasteiger partial charge < -0.3 is 15.7 Å². The molecule has 0 spiro atoms. The predicted molar refractivity (Wildman–Crippen MR) is 106 cm³/mol. The monoisotopic (exact) mass is 475 g/mol. The van der Waals surface area contributed by atoms with Crippen molar-refractivity contribution in [2.45, 2.75) is 32.1 Å². The van der Waals surface area contributed by atoms with Crippen LogP contribution in [0.25, 0.3) is 6.08 Å². The van der Waals surface area contributed by atoms with Gasteiger partial charge in [0.15, 0.2) is 0 Å². The van der Waals surface area contributed by atoms with Crippen LogP contribution in [-0.2, 0) is 22.7 Å². The van der Waals surface area contributed by atoms with Crippen molar-refractivity contribution in [3.05, 3.63) is 53.4 Å². The second-order valence-electron chi connectivity index (χ2n) is 7.23. The van der Waals surface area contributed by atoms with E-state index < -0.39 is 23.8 Å². The third kappa shape index (κ3) is 8.25. The molecule has 33 heavy (non-hydrogen) atoms. The lowest BCUT2D eigenvalue weighted by Gasteiger charge is -2.32. The lowest BCUT2D eigenvalue weighted by Crippen LogP contribution is -2.40. The van der Waals surface area contributed by atoms with Crippen molar-refractivity contribution in [3.8, 4) is 0 Å². The molecule has 1 aromatic carbocycles. The summed E-state index contributed by atoms with van der Waals surface area (Å²) in [6.45, 7) is 2.25. The highest BCUT2D eigenvalue weighted by molar-refractivity contribution is 5.91. The van der Waals surface area contributed by atoms with Crippen molar-refractivity contribution in [2.24, 2.45) is 11.7 Å². The second kappa shape index (κ2) is 11.5. The number of piperidine rings is 1. The van der Waals surface area contributed by atoms with Gasteiger partial charge in [-0.1, -0.05) is 5.21 Å². The first-order valence-corrected chi connectivity index (χ1v) is 9.80. The lowest BCUT2D eigenvalue weighted by atomic mass is 9.98. The van der Waals surface area contributed by atoms with Gasteiger partial charge in [-0.05, 0) is 43.0 Å². The van der Waals surface area contributed by atoms with E-state index in [-0.39, 0.29) is 17.4 Å². The summed E-state index contributed by atoms with van der Waals surface area (Å²) < 4.78 is 60.3. The largest absolute Gasteiger partial charge is 0.490 e. The van der Waals surface area contributed by atoms with Crippen molar-refractivity contribution < 1.29 is 36.6 Å². The number of hydrogen-bond acceptors (Lipinski definition) is 5. The number of alkyl halides is 3. The fraction of sp³-hybridized carbons (Fsp3) is 0.400. The zero-order valence-corrected chi connectivity index (χ0v) is 17.3. The molecule has 2 aromatic rings. The molecule has 1 unspecified atom stereocenters. The van der Waals surface area contributed by atoms with Crippen molar-refractivity contribution in [3.63, 3.8) is 0 Å². The molecule has 0 radical (unpaired) electrons. The van der Waals surface area contributed by atoms with E-state index in [0.29, 0.717) is 26.2 Å². The fourth-order valence-electron chi connectivity index (χ4n) is 3.11. The summed E-state index contributed by atoms with van der Waals surface area (Å²) in [5.41, 5.74) is 6.32. The van der Waals surface area contributed by atoms with Gasteiger partial charge in [0.05, 0.1) is 5.69 Å². The molecule has 3 N–H and O–H groups in total. The maximum atomic E-state index is 13.6. The molecular formula is C20H22F5N5O3. The van der Waals surface area contributed by atoms with E-state index in [0.717, 1.165) is 36.7 Å². The average Bonchev–Trinajstić information content (AvgIpc) is 3.21. The minimum atomic E-state index is -5.08. The van der Waals surface area contributed by atoms with E-state index in [1.54, 1.807) is 9.58 Å². The molecule has 1 aliphatic rings. The first kappa shape index (κ1) is 25.9. The first-order chi connectivity index (χ1) is 15.5. The molecule has 2 heterocycles. The number of carboxylic acid groups (broad SMARTS) is 1. The Balaban J connectivity index is 0.000000479. The number of rotatable bonds is 5. The van der Waals surface area contributed by atoms with Crippen LogP contribution < -0.4 is 5.73 Å². The molecule has 0 bridgehead atoms. The van der Waals surface area contributed by atoms with Crippen molar-refractivity contribution in [2.75, 3.05) is 13.1 Å². The first-order valence-electron chi connectivity index (χ1n) is 9.80. The van der Waals surface area contributed by atoms with E-state index in [1.165, 1.54) is 12.2 Å². The van der Waals surface area contributed by atoms with E-state index in [2.05, 4.69) is 10.3 Å². The highest BCUT2D eigenvalue weighted by atomic mass is 19.4. The number of hydrogen-bond donors (Lipinski definition) is 2. The van der Waals surface area contributed by atoms with Gasteiger partial charge in [-0.3, -0.25) is 9.48 Å². The van der Waals surface area contributed by atoms with Crippen LogP contribution in [0.15, 0.2) is 30.5 Å². The summed E-state index contributed by atoms with van der Waals surface area (Å²) in [6, 6.07) is 3.16. The lowest BCUT2D eigenvalue weighted by molar-refractivity contribution is -0.192. The summed E-state index contributed by atoms with van der Waals surface area (Å²) in [4.78, 5) is 23.0. The molecule has 1 fully saturated rings. The van der Waals surface area contributed by atoms with Gasteiger partial charge in [0.25, 0.3) is 0 Å². The average molecular weight is 475 g/mol. The van der Waals surface area contributed by atoms with E-state index in [1.807, 2.05) is 6.20 Å². The van der Waals surface area contributed by atoms with Gasteiger partial charge in [0.2, 0.25) is 5.91 Å². The molecule has 180 valence electrons. The van der Waals surface area contributed by atoms with Crippen molar-refractivity contribution in [1.29, 1.82) is 0 Å². The highest BCUT2D eigenvalue weighted by Gasteiger charge is 2.38. The van der Waals surface area contributed by atoms with Gasteiger partial charge in [-0.15, -0.1) is 5.10 Å². The number of nitrogens with zero attached hydrogens (tertiary/aromatic N) is 4. The van der Waals surface area contributed by atoms with Crippen LogP contribution in [0.3, 0.4) is 0 Å². The molecule has 13 heteroatoms. The number of benzene rings is 1. The van der Waals surface area contributed by atoms with Gasteiger partial charge >= 0.3 is 12.1 Å². The van der Waals surface area contributed by atoms with Gasteiger partial charge in [-0.2, -0.15) is 13.2 Å².